The number of rotatable bonds is 8. The van der Waals surface area contributed by atoms with Crippen molar-refractivity contribution in [1.29, 1.82) is 0 Å². The minimum atomic E-state index is -0.188. The summed E-state index contributed by atoms with van der Waals surface area (Å²) in [6.45, 7) is 5.48. The summed E-state index contributed by atoms with van der Waals surface area (Å²) >= 11 is 6.21. The van der Waals surface area contributed by atoms with Crippen LogP contribution in [0.3, 0.4) is 0 Å². The number of hydrogen-bond donors (Lipinski definition) is 2. The molecule has 2 aromatic carbocycles. The second-order valence-corrected chi connectivity index (χ2v) is 9.99. The van der Waals surface area contributed by atoms with Gasteiger partial charge in [-0.15, -0.1) is 0 Å². The highest BCUT2D eigenvalue weighted by Gasteiger charge is 2.40. The molecule has 1 unspecified atom stereocenters. The van der Waals surface area contributed by atoms with Gasteiger partial charge in [0.05, 0.1) is 25.7 Å². The molecule has 1 amide bonds. The number of nitrogens with zero attached hydrogens (tertiary/aromatic N) is 1. The first-order chi connectivity index (χ1) is 16.4. The molecule has 1 fully saturated rings. The average Bonchev–Trinajstić information content (AvgIpc) is 2.82. The van der Waals surface area contributed by atoms with Crippen LogP contribution < -0.4 is 20.5 Å². The van der Waals surface area contributed by atoms with Crippen LogP contribution in [0.15, 0.2) is 36.4 Å². The number of ether oxygens (including phenoxy) is 2. The Morgan fingerprint density at radius 3 is 2.44 bits per heavy atom. The summed E-state index contributed by atoms with van der Waals surface area (Å²) in [6, 6.07) is 12.4. The van der Waals surface area contributed by atoms with E-state index in [0.717, 1.165) is 48.9 Å². The normalized spacial score (nSPS) is 22.6. The number of nitrogens with two attached hydrogens (primary N) is 1. The van der Waals surface area contributed by atoms with E-state index in [2.05, 4.69) is 16.3 Å². The fourth-order valence-corrected chi connectivity index (χ4v) is 5.45. The van der Waals surface area contributed by atoms with Gasteiger partial charge < -0.3 is 25.4 Å². The lowest BCUT2D eigenvalue weighted by molar-refractivity contribution is -0.136. The molecule has 7 heteroatoms. The number of carbonyl (C=O) groups is 1. The number of amides is 1. The van der Waals surface area contributed by atoms with E-state index in [0.29, 0.717) is 35.5 Å². The first kappa shape index (κ1) is 24.8. The third-order valence-corrected chi connectivity index (χ3v) is 7.10. The van der Waals surface area contributed by atoms with Crippen molar-refractivity contribution in [2.75, 3.05) is 20.2 Å². The highest BCUT2D eigenvalue weighted by molar-refractivity contribution is 6.30. The molecule has 2 aliphatic rings. The monoisotopic (exact) mass is 485 g/mol. The van der Waals surface area contributed by atoms with Gasteiger partial charge in [0.2, 0.25) is 5.91 Å². The van der Waals surface area contributed by atoms with Crippen molar-refractivity contribution in [2.45, 2.75) is 70.2 Å². The molecule has 1 heterocycles. The topological polar surface area (TPSA) is 76.8 Å². The summed E-state index contributed by atoms with van der Waals surface area (Å²) in [5, 5.41) is 4.22. The van der Waals surface area contributed by atoms with Gasteiger partial charge in [-0.25, -0.2) is 0 Å². The Hall–Kier alpha value is -2.28. The molecule has 1 aliphatic carbocycles. The van der Waals surface area contributed by atoms with Gasteiger partial charge in [-0.2, -0.15) is 0 Å². The van der Waals surface area contributed by atoms with Crippen LogP contribution in [0.1, 0.15) is 62.3 Å². The third-order valence-electron chi connectivity index (χ3n) is 6.84. The van der Waals surface area contributed by atoms with Crippen molar-refractivity contribution in [3.8, 4) is 11.5 Å². The van der Waals surface area contributed by atoms with Crippen molar-refractivity contribution in [3.05, 3.63) is 58.1 Å². The molecule has 6 nitrogen and oxygen atoms in total. The number of carbonyl (C=O) groups excluding carboxylic acids is 1. The molecule has 0 radical (unpaired) electrons. The predicted octanol–water partition coefficient (Wildman–Crippen LogP) is 4.47. The van der Waals surface area contributed by atoms with Gasteiger partial charge in [0.15, 0.2) is 11.5 Å². The average molecular weight is 486 g/mol. The molecule has 34 heavy (non-hydrogen) atoms. The highest BCUT2D eigenvalue weighted by atomic mass is 35.5. The Kier molecular flexibility index (Phi) is 8.02. The van der Waals surface area contributed by atoms with Gasteiger partial charge in [0.1, 0.15) is 0 Å². The molecule has 3 N–H and O–H groups in total. The molecule has 4 rings (SSSR count). The maximum atomic E-state index is 13.6. The number of hydrogen-bond acceptors (Lipinski definition) is 5. The summed E-state index contributed by atoms with van der Waals surface area (Å²) in [5.74, 6) is 1.53. The number of methoxy groups -OCH3 is 1. The largest absolute Gasteiger partial charge is 0.493 e. The van der Waals surface area contributed by atoms with E-state index in [-0.39, 0.29) is 24.1 Å². The lowest BCUT2D eigenvalue weighted by Gasteiger charge is -2.45. The van der Waals surface area contributed by atoms with Crippen molar-refractivity contribution in [1.82, 2.24) is 10.2 Å². The smallest absolute Gasteiger partial charge is 0.228 e. The van der Waals surface area contributed by atoms with Gasteiger partial charge in [-0.05, 0) is 80.5 Å². The first-order valence-corrected chi connectivity index (χ1v) is 12.7. The maximum Gasteiger partial charge on any atom is 0.228 e. The molecular weight excluding hydrogens is 450 g/mol. The summed E-state index contributed by atoms with van der Waals surface area (Å²) < 4.78 is 11.7. The molecule has 1 saturated carbocycles. The molecule has 0 aromatic heterocycles. The zero-order chi connectivity index (χ0) is 24.2. The minimum Gasteiger partial charge on any atom is -0.493 e. The van der Waals surface area contributed by atoms with Gasteiger partial charge in [0.25, 0.3) is 0 Å². The quantitative estimate of drug-likeness (QED) is 0.577. The van der Waals surface area contributed by atoms with E-state index in [1.807, 2.05) is 44.2 Å². The van der Waals surface area contributed by atoms with Crippen LogP contribution in [0.4, 0.5) is 0 Å². The summed E-state index contributed by atoms with van der Waals surface area (Å²) in [7, 11) is 1.64. The standard InChI is InChI=1S/C27H36ClN3O3/c1-17(2)34-25-16-23-19(14-24(25)33-3)15-26(32)31(27(23)18-4-6-20(28)7-5-18)22-10-8-21(9-11-22)30-13-12-29/h4-7,14,16-17,21-22,27,30H,8-13,15,29H2,1-3H3/t21-,22-,27?. The number of nitrogens with one attached hydrogen (secondary N) is 1. The van der Waals surface area contributed by atoms with Crippen LogP contribution in [-0.4, -0.2) is 49.2 Å². The van der Waals surface area contributed by atoms with Gasteiger partial charge in [0, 0.05) is 30.2 Å². The Labute approximate surface area is 207 Å². The summed E-state index contributed by atoms with van der Waals surface area (Å²) in [6.07, 6.45) is 4.40. The van der Waals surface area contributed by atoms with Crippen LogP contribution in [0.5, 0.6) is 11.5 Å². The van der Waals surface area contributed by atoms with E-state index < -0.39 is 0 Å². The van der Waals surface area contributed by atoms with Crippen LogP contribution in [-0.2, 0) is 11.2 Å². The number of fused-ring (bicyclic) bond motifs is 1. The SMILES string of the molecule is COc1cc2c(cc1OC(C)C)C(c1ccc(Cl)cc1)N([C@H]1CC[C@H](NCCN)CC1)C(=O)C2. The van der Waals surface area contributed by atoms with E-state index in [1.165, 1.54) is 0 Å². The predicted molar refractivity (Wildman–Crippen MR) is 136 cm³/mol. The molecule has 0 bridgehead atoms. The molecule has 184 valence electrons. The van der Waals surface area contributed by atoms with Crippen molar-refractivity contribution < 1.29 is 14.3 Å². The molecular formula is C27H36ClN3O3. The Bertz CT molecular complexity index is 987. The molecule has 1 aliphatic heterocycles. The third kappa shape index (κ3) is 5.35. The van der Waals surface area contributed by atoms with Crippen LogP contribution in [0.25, 0.3) is 0 Å². The Balaban J connectivity index is 1.73. The van der Waals surface area contributed by atoms with E-state index >= 15 is 0 Å². The summed E-state index contributed by atoms with van der Waals surface area (Å²) in [4.78, 5) is 15.7. The molecule has 2 aromatic rings. The molecule has 0 saturated heterocycles. The number of benzene rings is 2. The van der Waals surface area contributed by atoms with Crippen molar-refractivity contribution in [2.24, 2.45) is 5.73 Å². The highest BCUT2D eigenvalue weighted by Crippen LogP contribution is 2.44. The Morgan fingerprint density at radius 2 is 1.82 bits per heavy atom. The zero-order valence-corrected chi connectivity index (χ0v) is 21.1. The second-order valence-electron chi connectivity index (χ2n) is 9.55. The van der Waals surface area contributed by atoms with Gasteiger partial charge in [-0.3, -0.25) is 4.79 Å². The van der Waals surface area contributed by atoms with E-state index in [9.17, 15) is 4.79 Å². The van der Waals surface area contributed by atoms with Crippen LogP contribution in [0.2, 0.25) is 5.02 Å². The second kappa shape index (κ2) is 11.0. The zero-order valence-electron chi connectivity index (χ0n) is 20.4. The minimum absolute atomic E-state index is 0.0126. The van der Waals surface area contributed by atoms with Crippen LogP contribution >= 0.6 is 11.6 Å². The number of halogens is 1. The van der Waals surface area contributed by atoms with E-state index in [4.69, 9.17) is 26.8 Å². The fourth-order valence-electron chi connectivity index (χ4n) is 5.32. The molecule has 0 spiro atoms. The van der Waals surface area contributed by atoms with Crippen molar-refractivity contribution in [3.63, 3.8) is 0 Å². The van der Waals surface area contributed by atoms with Crippen molar-refractivity contribution >= 4 is 17.5 Å². The van der Waals surface area contributed by atoms with Crippen LogP contribution in [0, 0.1) is 0 Å². The fraction of sp³-hybridized carbons (Fsp3) is 0.519. The van der Waals surface area contributed by atoms with E-state index in [1.54, 1.807) is 7.11 Å². The Morgan fingerprint density at radius 1 is 1.12 bits per heavy atom. The van der Waals surface area contributed by atoms with Gasteiger partial charge >= 0.3 is 0 Å². The summed E-state index contributed by atoms with van der Waals surface area (Å²) in [5.41, 5.74) is 8.82. The molecule has 1 atom stereocenters. The van der Waals surface area contributed by atoms with Gasteiger partial charge in [-0.1, -0.05) is 23.7 Å². The first-order valence-electron chi connectivity index (χ1n) is 12.3. The lowest BCUT2D eigenvalue weighted by Crippen LogP contribution is -2.50. The maximum absolute atomic E-state index is 13.6. The lowest BCUT2D eigenvalue weighted by atomic mass is 9.82.